The van der Waals surface area contributed by atoms with Crippen molar-refractivity contribution in [3.05, 3.63) is 0 Å². The van der Waals surface area contributed by atoms with E-state index in [0.717, 1.165) is 25.9 Å². The molecule has 1 atom stereocenters. The smallest absolute Gasteiger partial charge is 0.225 e. The molecule has 0 saturated heterocycles. The van der Waals surface area contributed by atoms with Crippen LogP contribution in [0.2, 0.25) is 0 Å². The first-order valence-electron chi connectivity index (χ1n) is 9.72. The molecule has 0 aromatic rings. The standard InChI is InChI=1S/C20H41N3O2/c1-9-17(24)19(4,5)15-20(6,7)18(25)21-13-11-12-16(3)14-22-23(8)10-2/h16,22H,9-15H2,1-8H3,(H,21,25). The van der Waals surface area contributed by atoms with Gasteiger partial charge >= 0.3 is 0 Å². The van der Waals surface area contributed by atoms with Gasteiger partial charge in [-0.25, -0.2) is 5.01 Å². The summed E-state index contributed by atoms with van der Waals surface area (Å²) in [5, 5.41) is 5.14. The second-order valence-corrected chi connectivity index (χ2v) is 8.60. The fraction of sp³-hybridized carbons (Fsp3) is 0.900. The van der Waals surface area contributed by atoms with Crippen LogP contribution in [0.5, 0.6) is 0 Å². The van der Waals surface area contributed by atoms with Crippen molar-refractivity contribution in [1.82, 2.24) is 15.8 Å². The first-order chi connectivity index (χ1) is 11.5. The van der Waals surface area contributed by atoms with Gasteiger partial charge in [0.1, 0.15) is 5.78 Å². The number of nitrogens with zero attached hydrogens (tertiary/aromatic N) is 1. The Morgan fingerprint density at radius 2 is 1.68 bits per heavy atom. The van der Waals surface area contributed by atoms with E-state index in [2.05, 4.69) is 29.6 Å². The van der Waals surface area contributed by atoms with Crippen molar-refractivity contribution in [2.24, 2.45) is 16.7 Å². The van der Waals surface area contributed by atoms with E-state index in [0.29, 0.717) is 25.3 Å². The van der Waals surface area contributed by atoms with Gasteiger partial charge in [0.05, 0.1) is 0 Å². The zero-order chi connectivity index (χ0) is 19.7. The molecule has 0 radical (unpaired) electrons. The molecule has 5 nitrogen and oxygen atoms in total. The summed E-state index contributed by atoms with van der Waals surface area (Å²) in [6, 6.07) is 0. The fourth-order valence-electron chi connectivity index (χ4n) is 3.18. The van der Waals surface area contributed by atoms with Crippen molar-refractivity contribution in [3.8, 4) is 0 Å². The van der Waals surface area contributed by atoms with E-state index in [1.54, 1.807) is 0 Å². The molecule has 5 heteroatoms. The topological polar surface area (TPSA) is 61.4 Å². The largest absolute Gasteiger partial charge is 0.356 e. The normalized spacial score (nSPS) is 13.8. The number of carbonyl (C=O) groups excluding carboxylic acids is 2. The van der Waals surface area contributed by atoms with E-state index < -0.39 is 10.8 Å². The van der Waals surface area contributed by atoms with E-state index in [-0.39, 0.29) is 11.7 Å². The van der Waals surface area contributed by atoms with E-state index >= 15 is 0 Å². The molecule has 0 aliphatic carbocycles. The molecule has 2 N–H and O–H groups in total. The molecule has 0 aliphatic heterocycles. The highest BCUT2D eigenvalue weighted by Crippen LogP contribution is 2.35. The number of amides is 1. The number of hydrogen-bond donors (Lipinski definition) is 2. The second-order valence-electron chi connectivity index (χ2n) is 8.60. The van der Waals surface area contributed by atoms with Gasteiger partial charge in [0.2, 0.25) is 5.91 Å². The third-order valence-corrected chi connectivity index (χ3v) is 4.92. The Bertz CT molecular complexity index is 419. The Hall–Kier alpha value is -0.940. The van der Waals surface area contributed by atoms with Gasteiger partial charge in [-0.2, -0.15) is 0 Å². The van der Waals surface area contributed by atoms with E-state index in [9.17, 15) is 9.59 Å². The maximum absolute atomic E-state index is 12.5. The monoisotopic (exact) mass is 355 g/mol. The van der Waals surface area contributed by atoms with Gasteiger partial charge < -0.3 is 5.32 Å². The van der Waals surface area contributed by atoms with Crippen LogP contribution in [-0.4, -0.2) is 43.4 Å². The molecule has 0 aliphatic rings. The van der Waals surface area contributed by atoms with Crippen molar-refractivity contribution < 1.29 is 9.59 Å². The molecular weight excluding hydrogens is 314 g/mol. The molecule has 1 unspecified atom stereocenters. The summed E-state index contributed by atoms with van der Waals surface area (Å²) in [6.07, 6.45) is 3.13. The molecule has 0 bridgehead atoms. The first-order valence-corrected chi connectivity index (χ1v) is 9.72. The minimum atomic E-state index is -0.536. The third kappa shape index (κ3) is 9.36. The highest BCUT2D eigenvalue weighted by atomic mass is 16.2. The van der Waals surface area contributed by atoms with Crippen LogP contribution in [0, 0.1) is 16.7 Å². The van der Waals surface area contributed by atoms with Crippen LogP contribution in [0.15, 0.2) is 0 Å². The van der Waals surface area contributed by atoms with Crippen molar-refractivity contribution >= 4 is 11.7 Å². The highest BCUT2D eigenvalue weighted by Gasteiger charge is 2.37. The summed E-state index contributed by atoms with van der Waals surface area (Å²) >= 11 is 0. The summed E-state index contributed by atoms with van der Waals surface area (Å²) in [5.74, 6) is 0.827. The maximum atomic E-state index is 12.5. The highest BCUT2D eigenvalue weighted by molar-refractivity contribution is 5.86. The van der Waals surface area contributed by atoms with E-state index in [1.165, 1.54) is 0 Å². The Morgan fingerprint density at radius 3 is 2.20 bits per heavy atom. The lowest BCUT2D eigenvalue weighted by Gasteiger charge is -2.32. The predicted octanol–water partition coefficient (Wildman–Crippen LogP) is 3.40. The van der Waals surface area contributed by atoms with Gasteiger partial charge in [-0.1, -0.05) is 48.5 Å². The van der Waals surface area contributed by atoms with Crippen LogP contribution in [0.3, 0.4) is 0 Å². The van der Waals surface area contributed by atoms with E-state index in [4.69, 9.17) is 0 Å². The van der Waals surface area contributed by atoms with Crippen LogP contribution in [0.25, 0.3) is 0 Å². The quantitative estimate of drug-likeness (QED) is 0.393. The summed E-state index contributed by atoms with van der Waals surface area (Å²) in [6.45, 7) is 16.6. The molecule has 0 fully saturated rings. The first kappa shape index (κ1) is 24.1. The van der Waals surface area contributed by atoms with E-state index in [1.807, 2.05) is 41.7 Å². The lowest BCUT2D eigenvalue weighted by molar-refractivity contribution is -0.134. The average Bonchev–Trinajstić information content (AvgIpc) is 2.54. The van der Waals surface area contributed by atoms with Gasteiger partial charge in [0.25, 0.3) is 0 Å². The number of carbonyl (C=O) groups is 2. The average molecular weight is 356 g/mol. The van der Waals surface area contributed by atoms with Crippen molar-refractivity contribution in [2.45, 2.75) is 74.1 Å². The molecular formula is C20H41N3O2. The number of hydrazine groups is 1. The fourth-order valence-corrected chi connectivity index (χ4v) is 3.18. The lowest BCUT2D eigenvalue weighted by Crippen LogP contribution is -2.42. The minimum Gasteiger partial charge on any atom is -0.356 e. The molecule has 0 aromatic carbocycles. The summed E-state index contributed by atoms with van der Waals surface area (Å²) in [7, 11) is 2.04. The zero-order valence-corrected chi connectivity index (χ0v) is 17.8. The molecule has 0 spiro atoms. The van der Waals surface area contributed by atoms with Crippen molar-refractivity contribution in [3.63, 3.8) is 0 Å². The maximum Gasteiger partial charge on any atom is 0.225 e. The molecule has 148 valence electrons. The molecule has 0 heterocycles. The molecule has 0 rings (SSSR count). The number of hydrogen-bond acceptors (Lipinski definition) is 4. The molecule has 0 aromatic heterocycles. The number of Topliss-reactive ketones (excluding diaryl/α,β-unsaturated/α-hetero) is 1. The van der Waals surface area contributed by atoms with Crippen LogP contribution in [-0.2, 0) is 9.59 Å². The third-order valence-electron chi connectivity index (χ3n) is 4.92. The SMILES string of the molecule is CCC(=O)C(C)(C)CC(C)(C)C(=O)NCCCC(C)CNN(C)CC. The van der Waals surface area contributed by atoms with Crippen LogP contribution in [0.1, 0.15) is 74.1 Å². The van der Waals surface area contributed by atoms with Crippen LogP contribution < -0.4 is 10.7 Å². The van der Waals surface area contributed by atoms with Gasteiger partial charge in [-0.15, -0.1) is 0 Å². The van der Waals surface area contributed by atoms with Gasteiger partial charge in [-0.3, -0.25) is 15.0 Å². The lowest BCUT2D eigenvalue weighted by atomic mass is 9.72. The van der Waals surface area contributed by atoms with Gasteiger partial charge in [0.15, 0.2) is 0 Å². The summed E-state index contributed by atoms with van der Waals surface area (Å²) in [5.41, 5.74) is 2.37. The Kier molecular flexibility index (Phi) is 10.5. The molecule has 0 saturated carbocycles. The number of rotatable bonds is 13. The molecule has 25 heavy (non-hydrogen) atoms. The predicted molar refractivity (Wildman–Crippen MR) is 105 cm³/mol. The molecule has 1 amide bonds. The number of nitrogens with one attached hydrogen (secondary N) is 2. The van der Waals surface area contributed by atoms with Crippen LogP contribution in [0.4, 0.5) is 0 Å². The Balaban J connectivity index is 4.21. The van der Waals surface area contributed by atoms with Crippen molar-refractivity contribution in [1.29, 1.82) is 0 Å². The summed E-state index contributed by atoms with van der Waals surface area (Å²) in [4.78, 5) is 24.6. The Labute approximate surface area is 155 Å². The second kappa shape index (κ2) is 10.9. The number of ketones is 1. The zero-order valence-electron chi connectivity index (χ0n) is 17.8. The Morgan fingerprint density at radius 1 is 1.08 bits per heavy atom. The van der Waals surface area contributed by atoms with Gasteiger partial charge in [0, 0.05) is 43.9 Å². The van der Waals surface area contributed by atoms with Crippen molar-refractivity contribution in [2.75, 3.05) is 26.7 Å². The van der Waals surface area contributed by atoms with Gasteiger partial charge in [-0.05, 0) is 25.2 Å². The minimum absolute atomic E-state index is 0.0426. The van der Waals surface area contributed by atoms with Crippen LogP contribution >= 0.6 is 0 Å². The summed E-state index contributed by atoms with van der Waals surface area (Å²) < 4.78 is 0.